The van der Waals surface area contributed by atoms with Crippen LogP contribution in [0.1, 0.15) is 33.3 Å². The Morgan fingerprint density at radius 1 is 1.38 bits per heavy atom. The molecule has 0 saturated heterocycles. The van der Waals surface area contributed by atoms with Crippen molar-refractivity contribution < 1.29 is 9.18 Å². The van der Waals surface area contributed by atoms with Gasteiger partial charge in [0.15, 0.2) is 0 Å². The van der Waals surface area contributed by atoms with E-state index in [2.05, 4.69) is 15.8 Å². The average molecular weight is 225 g/mol. The summed E-state index contributed by atoms with van der Waals surface area (Å²) < 4.78 is 13.2. The molecule has 5 heteroatoms. The van der Waals surface area contributed by atoms with Crippen LogP contribution in [0.3, 0.4) is 0 Å². The smallest absolute Gasteiger partial charge is 0.235 e. The maximum absolute atomic E-state index is 13.2. The van der Waals surface area contributed by atoms with Gasteiger partial charge in [-0.05, 0) is 23.1 Å². The fourth-order valence-electron chi connectivity index (χ4n) is 1.15. The molecule has 0 radical (unpaired) electrons. The summed E-state index contributed by atoms with van der Waals surface area (Å²) in [5.41, 5.74) is 5.54. The van der Waals surface area contributed by atoms with E-state index in [1.54, 1.807) is 6.07 Å². The molecule has 4 nitrogen and oxygen atoms in total. The minimum absolute atomic E-state index is 0.170. The number of aromatic nitrogens is 1. The zero-order chi connectivity index (χ0) is 12.3. The summed E-state index contributed by atoms with van der Waals surface area (Å²) in [7, 11) is 0. The maximum atomic E-state index is 13.2. The Morgan fingerprint density at radius 3 is 2.50 bits per heavy atom. The lowest BCUT2D eigenvalue weighted by Crippen LogP contribution is -2.27. The molecule has 1 rings (SSSR count). The molecule has 1 aromatic heterocycles. The standard InChI is InChI=1S/C11H16FN3O/c1-7(16)14-15-10-6-8(11(2,3)4)5-9(12)13-10/h5-6H,1-4H3,(H,13,15)(H,14,16). The molecule has 0 bridgehead atoms. The molecule has 0 fully saturated rings. The van der Waals surface area contributed by atoms with Crippen molar-refractivity contribution in [2.75, 3.05) is 5.43 Å². The largest absolute Gasteiger partial charge is 0.282 e. The van der Waals surface area contributed by atoms with E-state index in [1.165, 1.54) is 13.0 Å². The first-order valence-corrected chi connectivity index (χ1v) is 5.00. The van der Waals surface area contributed by atoms with E-state index in [0.717, 1.165) is 5.56 Å². The van der Waals surface area contributed by atoms with E-state index >= 15 is 0 Å². The Labute approximate surface area is 94.2 Å². The van der Waals surface area contributed by atoms with Crippen LogP contribution in [-0.2, 0) is 10.2 Å². The molecule has 0 aliphatic rings. The van der Waals surface area contributed by atoms with Crippen LogP contribution in [0.4, 0.5) is 10.2 Å². The third-order valence-corrected chi connectivity index (χ3v) is 2.03. The number of carbonyl (C=O) groups excluding carboxylic acids is 1. The third-order valence-electron chi connectivity index (χ3n) is 2.03. The normalized spacial score (nSPS) is 11.1. The van der Waals surface area contributed by atoms with Crippen molar-refractivity contribution in [3.63, 3.8) is 0 Å². The summed E-state index contributed by atoms with van der Waals surface area (Å²) in [5.74, 6) is -0.538. The molecule has 0 aromatic carbocycles. The van der Waals surface area contributed by atoms with Crippen LogP contribution in [0.25, 0.3) is 0 Å². The fourth-order valence-corrected chi connectivity index (χ4v) is 1.15. The van der Waals surface area contributed by atoms with Crippen molar-refractivity contribution in [3.8, 4) is 0 Å². The summed E-state index contributed by atoms with van der Waals surface area (Å²) in [6.07, 6.45) is 0. The Kier molecular flexibility index (Phi) is 3.47. The van der Waals surface area contributed by atoms with Gasteiger partial charge in [-0.15, -0.1) is 0 Å². The molecule has 1 amide bonds. The molecular formula is C11H16FN3O. The molecule has 0 saturated carbocycles. The molecule has 88 valence electrons. The van der Waals surface area contributed by atoms with Gasteiger partial charge in [-0.3, -0.25) is 15.6 Å². The lowest BCUT2D eigenvalue weighted by molar-refractivity contribution is -0.118. The highest BCUT2D eigenvalue weighted by Crippen LogP contribution is 2.24. The Hall–Kier alpha value is -1.65. The summed E-state index contributed by atoms with van der Waals surface area (Å²) in [4.78, 5) is 14.3. The second-order valence-corrected chi connectivity index (χ2v) is 4.62. The van der Waals surface area contributed by atoms with Gasteiger partial charge in [-0.1, -0.05) is 20.8 Å². The van der Waals surface area contributed by atoms with Gasteiger partial charge in [0.05, 0.1) is 0 Å². The molecular weight excluding hydrogens is 209 g/mol. The van der Waals surface area contributed by atoms with Gasteiger partial charge in [-0.2, -0.15) is 4.39 Å². The SMILES string of the molecule is CC(=O)NNc1cc(C(C)(C)C)cc(F)n1. The lowest BCUT2D eigenvalue weighted by Gasteiger charge is -2.19. The number of anilines is 1. The van der Waals surface area contributed by atoms with Crippen LogP contribution >= 0.6 is 0 Å². The second kappa shape index (κ2) is 4.47. The molecule has 0 aliphatic carbocycles. The maximum Gasteiger partial charge on any atom is 0.235 e. The summed E-state index contributed by atoms with van der Waals surface area (Å²) in [6.45, 7) is 7.29. The van der Waals surface area contributed by atoms with E-state index in [4.69, 9.17) is 0 Å². The van der Waals surface area contributed by atoms with Crippen molar-refractivity contribution in [1.29, 1.82) is 0 Å². The molecule has 0 unspecified atom stereocenters. The van der Waals surface area contributed by atoms with Gasteiger partial charge in [-0.25, -0.2) is 4.98 Å². The predicted molar refractivity (Wildman–Crippen MR) is 60.3 cm³/mol. The lowest BCUT2D eigenvalue weighted by atomic mass is 9.88. The average Bonchev–Trinajstić information content (AvgIpc) is 2.12. The number of hydrazine groups is 1. The molecule has 2 N–H and O–H groups in total. The zero-order valence-corrected chi connectivity index (χ0v) is 9.89. The minimum atomic E-state index is -0.569. The third kappa shape index (κ3) is 3.49. The van der Waals surface area contributed by atoms with Crippen molar-refractivity contribution in [1.82, 2.24) is 10.4 Å². The van der Waals surface area contributed by atoms with E-state index in [1.807, 2.05) is 20.8 Å². The Balaban J connectivity index is 2.94. The quantitative estimate of drug-likeness (QED) is 0.597. The van der Waals surface area contributed by atoms with Crippen LogP contribution in [0.2, 0.25) is 0 Å². The summed E-state index contributed by atoms with van der Waals surface area (Å²) in [5, 5.41) is 0. The topological polar surface area (TPSA) is 54.0 Å². The van der Waals surface area contributed by atoms with Crippen molar-refractivity contribution in [2.24, 2.45) is 0 Å². The number of hydrogen-bond acceptors (Lipinski definition) is 3. The van der Waals surface area contributed by atoms with Crippen LogP contribution in [0, 0.1) is 5.95 Å². The van der Waals surface area contributed by atoms with Crippen LogP contribution in [-0.4, -0.2) is 10.9 Å². The van der Waals surface area contributed by atoms with E-state index in [-0.39, 0.29) is 11.3 Å². The molecule has 0 aliphatic heterocycles. The Bertz CT molecular complexity index is 399. The number of nitrogens with zero attached hydrogens (tertiary/aromatic N) is 1. The molecule has 1 aromatic rings. The van der Waals surface area contributed by atoms with E-state index in [9.17, 15) is 9.18 Å². The first-order valence-electron chi connectivity index (χ1n) is 5.00. The van der Waals surface area contributed by atoms with Gasteiger partial charge < -0.3 is 0 Å². The number of rotatable bonds is 2. The highest BCUT2D eigenvalue weighted by molar-refractivity contribution is 5.74. The molecule has 16 heavy (non-hydrogen) atoms. The first-order chi connectivity index (χ1) is 7.29. The summed E-state index contributed by atoms with van der Waals surface area (Å²) in [6, 6.07) is 3.10. The molecule has 0 atom stereocenters. The van der Waals surface area contributed by atoms with Gasteiger partial charge >= 0.3 is 0 Å². The van der Waals surface area contributed by atoms with Crippen LogP contribution < -0.4 is 10.9 Å². The van der Waals surface area contributed by atoms with Crippen LogP contribution in [0.15, 0.2) is 12.1 Å². The number of carbonyl (C=O) groups is 1. The van der Waals surface area contributed by atoms with Crippen LogP contribution in [0.5, 0.6) is 0 Å². The fraction of sp³-hybridized carbons (Fsp3) is 0.455. The number of pyridine rings is 1. The monoisotopic (exact) mass is 225 g/mol. The van der Waals surface area contributed by atoms with E-state index in [0.29, 0.717) is 5.82 Å². The minimum Gasteiger partial charge on any atom is -0.282 e. The molecule has 1 heterocycles. The highest BCUT2D eigenvalue weighted by Gasteiger charge is 2.16. The van der Waals surface area contributed by atoms with Gasteiger partial charge in [0.25, 0.3) is 0 Å². The number of hydrogen-bond donors (Lipinski definition) is 2. The second-order valence-electron chi connectivity index (χ2n) is 4.62. The van der Waals surface area contributed by atoms with Crippen molar-refractivity contribution in [2.45, 2.75) is 33.1 Å². The van der Waals surface area contributed by atoms with E-state index < -0.39 is 5.95 Å². The summed E-state index contributed by atoms with van der Waals surface area (Å²) >= 11 is 0. The Morgan fingerprint density at radius 2 is 2.00 bits per heavy atom. The van der Waals surface area contributed by atoms with Gasteiger partial charge in [0, 0.05) is 6.92 Å². The number of halogens is 1. The zero-order valence-electron chi connectivity index (χ0n) is 9.89. The number of amides is 1. The predicted octanol–water partition coefficient (Wildman–Crippen LogP) is 1.98. The highest BCUT2D eigenvalue weighted by atomic mass is 19.1. The molecule has 0 spiro atoms. The van der Waals surface area contributed by atoms with Gasteiger partial charge in [0.1, 0.15) is 5.82 Å². The van der Waals surface area contributed by atoms with Crippen molar-refractivity contribution in [3.05, 3.63) is 23.6 Å². The first kappa shape index (κ1) is 12.4. The van der Waals surface area contributed by atoms with Gasteiger partial charge in [0.2, 0.25) is 11.9 Å². The number of nitrogens with one attached hydrogen (secondary N) is 2. The van der Waals surface area contributed by atoms with Crippen molar-refractivity contribution >= 4 is 11.7 Å².